The van der Waals surface area contributed by atoms with Gasteiger partial charge in [-0.05, 0) is 58.8 Å². The van der Waals surface area contributed by atoms with Gasteiger partial charge < -0.3 is 9.77 Å². The molecular formula is C31H35N3O2S. The summed E-state index contributed by atoms with van der Waals surface area (Å²) in [6.07, 6.45) is 14.1. The van der Waals surface area contributed by atoms with Crippen LogP contribution >= 0.6 is 11.8 Å². The highest BCUT2D eigenvalue weighted by atomic mass is 32.2. The lowest BCUT2D eigenvalue weighted by molar-refractivity contribution is -0.651. The van der Waals surface area contributed by atoms with Crippen molar-refractivity contribution in [2.75, 3.05) is 5.75 Å². The molecule has 5 nitrogen and oxygen atoms in total. The Labute approximate surface area is 223 Å². The Bertz CT molecular complexity index is 1290. The van der Waals surface area contributed by atoms with Gasteiger partial charge in [0.2, 0.25) is 0 Å². The number of unbranched alkanes of at least 4 members (excludes halogenated alkanes) is 5. The molecule has 0 aliphatic heterocycles. The monoisotopic (exact) mass is 513 g/mol. The molecule has 0 radical (unpaired) electrons. The van der Waals surface area contributed by atoms with Gasteiger partial charge in [-0.3, -0.25) is 4.79 Å². The number of aromatic nitrogens is 3. The van der Waals surface area contributed by atoms with Crippen LogP contribution < -0.4 is 10.3 Å². The first-order valence-corrected chi connectivity index (χ1v) is 14.1. The second-order valence-electron chi connectivity index (χ2n) is 9.44. The Morgan fingerprint density at radius 1 is 0.784 bits per heavy atom. The summed E-state index contributed by atoms with van der Waals surface area (Å²) in [4.78, 5) is 16.9. The summed E-state index contributed by atoms with van der Waals surface area (Å²) in [6, 6.07) is 24.2. The second kappa shape index (κ2) is 14.4. The quantitative estimate of drug-likeness (QED) is 0.0663. The van der Waals surface area contributed by atoms with E-state index in [1.165, 1.54) is 55.9 Å². The van der Waals surface area contributed by atoms with Crippen LogP contribution in [-0.4, -0.2) is 15.3 Å². The lowest BCUT2D eigenvalue weighted by Crippen LogP contribution is -2.30. The summed E-state index contributed by atoms with van der Waals surface area (Å²) >= 11 is 1.52. The largest absolute Gasteiger partial charge is 0.710 e. The molecule has 0 aliphatic carbocycles. The minimum Gasteiger partial charge on any atom is -0.710 e. The third kappa shape index (κ3) is 8.90. The fourth-order valence-electron chi connectivity index (χ4n) is 4.38. The van der Waals surface area contributed by atoms with E-state index in [9.17, 15) is 10.0 Å². The van der Waals surface area contributed by atoms with Crippen molar-refractivity contribution < 1.29 is 4.73 Å². The highest BCUT2D eigenvalue weighted by molar-refractivity contribution is 7.99. The Kier molecular flexibility index (Phi) is 10.4. The maximum atomic E-state index is 12.5. The minimum atomic E-state index is -0.0484. The van der Waals surface area contributed by atoms with Crippen molar-refractivity contribution in [2.24, 2.45) is 0 Å². The number of thioether (sulfide) groups is 1. The minimum absolute atomic E-state index is 0.0484. The van der Waals surface area contributed by atoms with Gasteiger partial charge in [-0.25, -0.2) is 4.73 Å². The van der Waals surface area contributed by atoms with Crippen molar-refractivity contribution in [1.29, 1.82) is 0 Å². The highest BCUT2D eigenvalue weighted by Gasteiger charge is 2.11. The average molecular weight is 514 g/mol. The van der Waals surface area contributed by atoms with Crippen LogP contribution in [0.15, 0.2) is 101 Å². The van der Waals surface area contributed by atoms with Gasteiger partial charge >= 0.3 is 5.16 Å². The molecular weight excluding hydrogens is 478 g/mol. The van der Waals surface area contributed by atoms with Gasteiger partial charge in [0.1, 0.15) is 12.4 Å². The summed E-state index contributed by atoms with van der Waals surface area (Å²) in [5.74, 6) is 0.901. The molecule has 0 bridgehead atoms. The van der Waals surface area contributed by atoms with Crippen molar-refractivity contribution in [3.8, 4) is 0 Å². The van der Waals surface area contributed by atoms with E-state index < -0.39 is 0 Å². The van der Waals surface area contributed by atoms with Crippen LogP contribution in [-0.2, 0) is 19.4 Å². The molecule has 0 unspecified atom stereocenters. The standard InChI is InChI=1S/C31H35N3O2S/c35-30-22-28(18-19-33(30)24-27-16-10-6-11-17-27)21-29-23-32-31(34(36)25-29)37-20-12-4-2-1-3-7-13-26-14-8-5-9-15-26/h5-6,8-11,14-19,22-23,25H,1-4,7,12-13,20-21,24H2. The van der Waals surface area contributed by atoms with Crippen LogP contribution in [0.25, 0.3) is 0 Å². The number of rotatable bonds is 14. The number of aryl methyl sites for hydroxylation is 1. The molecule has 2 heterocycles. The molecule has 37 heavy (non-hydrogen) atoms. The Balaban J connectivity index is 1.15. The average Bonchev–Trinajstić information content (AvgIpc) is 2.91. The molecule has 0 spiro atoms. The van der Waals surface area contributed by atoms with Crippen molar-refractivity contribution in [2.45, 2.75) is 63.1 Å². The SMILES string of the molecule is O=c1cc(Cc2cnc(SCCCCCCCCc3ccccc3)[n+]([O-])c2)ccn1Cc1ccccc1. The zero-order chi connectivity index (χ0) is 25.7. The number of pyridine rings is 1. The summed E-state index contributed by atoms with van der Waals surface area (Å²) in [7, 11) is 0. The van der Waals surface area contributed by atoms with Gasteiger partial charge in [-0.15, -0.1) is 0 Å². The molecule has 6 heteroatoms. The zero-order valence-corrected chi connectivity index (χ0v) is 22.1. The summed E-state index contributed by atoms with van der Waals surface area (Å²) in [5, 5.41) is 13.0. The van der Waals surface area contributed by atoms with E-state index in [0.29, 0.717) is 18.1 Å². The van der Waals surface area contributed by atoms with E-state index in [2.05, 4.69) is 35.3 Å². The van der Waals surface area contributed by atoms with Crippen LogP contribution in [0.3, 0.4) is 0 Å². The van der Waals surface area contributed by atoms with Gasteiger partial charge in [0.15, 0.2) is 0 Å². The smallest absolute Gasteiger partial charge is 0.362 e. The predicted octanol–water partition coefficient (Wildman–Crippen LogP) is 6.19. The lowest BCUT2D eigenvalue weighted by Gasteiger charge is -2.09. The van der Waals surface area contributed by atoms with Crippen LogP contribution in [0.2, 0.25) is 0 Å². The normalized spacial score (nSPS) is 11.0. The molecule has 2 aromatic heterocycles. The number of nitrogens with zero attached hydrogens (tertiary/aromatic N) is 3. The maximum Gasteiger partial charge on any atom is 0.362 e. The third-order valence-electron chi connectivity index (χ3n) is 6.41. The topological polar surface area (TPSA) is 61.8 Å². The molecule has 192 valence electrons. The van der Waals surface area contributed by atoms with Crippen LogP contribution in [0, 0.1) is 5.21 Å². The molecule has 0 N–H and O–H groups in total. The van der Waals surface area contributed by atoms with Gasteiger partial charge in [-0.1, -0.05) is 86.3 Å². The molecule has 0 saturated carbocycles. The van der Waals surface area contributed by atoms with E-state index in [1.807, 2.05) is 42.6 Å². The van der Waals surface area contributed by atoms with Gasteiger partial charge in [-0.2, -0.15) is 0 Å². The van der Waals surface area contributed by atoms with E-state index in [-0.39, 0.29) is 5.56 Å². The first-order valence-electron chi connectivity index (χ1n) is 13.2. The molecule has 0 aliphatic rings. The Morgan fingerprint density at radius 3 is 2.16 bits per heavy atom. The van der Waals surface area contributed by atoms with Crippen LogP contribution in [0.5, 0.6) is 0 Å². The first-order chi connectivity index (χ1) is 18.2. The van der Waals surface area contributed by atoms with Crippen molar-refractivity contribution >= 4 is 11.8 Å². The van der Waals surface area contributed by atoms with E-state index in [4.69, 9.17) is 0 Å². The third-order valence-corrected chi connectivity index (χ3v) is 7.45. The summed E-state index contributed by atoms with van der Waals surface area (Å²) < 4.78 is 2.55. The number of benzene rings is 2. The molecule has 0 fully saturated rings. The fourth-order valence-corrected chi connectivity index (χ4v) is 5.22. The van der Waals surface area contributed by atoms with Crippen molar-refractivity contribution in [3.63, 3.8) is 0 Å². The van der Waals surface area contributed by atoms with Crippen LogP contribution in [0.4, 0.5) is 0 Å². The second-order valence-corrected chi connectivity index (χ2v) is 10.5. The molecule has 0 atom stereocenters. The van der Waals surface area contributed by atoms with E-state index in [0.717, 1.165) is 33.6 Å². The Morgan fingerprint density at radius 2 is 1.46 bits per heavy atom. The van der Waals surface area contributed by atoms with Crippen molar-refractivity contribution in [3.05, 3.63) is 129 Å². The number of hydrogen-bond donors (Lipinski definition) is 0. The van der Waals surface area contributed by atoms with Crippen molar-refractivity contribution in [1.82, 2.24) is 9.55 Å². The van der Waals surface area contributed by atoms with Gasteiger partial charge in [0.25, 0.3) is 5.56 Å². The molecule has 4 aromatic rings. The zero-order valence-electron chi connectivity index (χ0n) is 21.3. The number of hydrogen-bond acceptors (Lipinski definition) is 4. The van der Waals surface area contributed by atoms with Gasteiger partial charge in [0, 0.05) is 30.0 Å². The summed E-state index contributed by atoms with van der Waals surface area (Å²) in [6.45, 7) is 0.544. The van der Waals surface area contributed by atoms with Gasteiger partial charge in [0.05, 0.1) is 6.54 Å². The first kappa shape index (κ1) is 26.7. The molecule has 2 aromatic carbocycles. The summed E-state index contributed by atoms with van der Waals surface area (Å²) in [5.41, 5.74) is 4.14. The Hall–Kier alpha value is -3.38. The maximum absolute atomic E-state index is 12.5. The lowest BCUT2D eigenvalue weighted by atomic mass is 10.1. The molecule has 4 rings (SSSR count). The highest BCUT2D eigenvalue weighted by Crippen LogP contribution is 2.16. The van der Waals surface area contributed by atoms with E-state index in [1.54, 1.807) is 23.0 Å². The molecule has 0 amide bonds. The predicted molar refractivity (Wildman–Crippen MR) is 151 cm³/mol. The molecule has 0 saturated heterocycles. The van der Waals surface area contributed by atoms with E-state index >= 15 is 0 Å². The fraction of sp³-hybridized carbons (Fsp3) is 0.323. The van der Waals surface area contributed by atoms with Crippen LogP contribution in [0.1, 0.15) is 60.8 Å².